The minimum atomic E-state index is -0.401. The van der Waals surface area contributed by atoms with E-state index in [-0.39, 0.29) is 41.4 Å². The normalized spacial score (nSPS) is 41.5. The standard InChI is InChI=1S/C27H36O5S/c1-26-13-3-4-20(26)19-6-5-17-16-18(11-15-27(17,2)21(19)12-14-26)31-22(28)7-9-24(30)33-25-10-8-23(29)32-25/h11,15-16,18-21,25H,3-10,12-14H2,1-2H3/t18?,19-,20-,21-,25?,26-,27-/m0/s1. The molecule has 0 N–H and O–H groups in total. The van der Waals surface area contributed by atoms with Crippen molar-refractivity contribution in [2.45, 2.75) is 96.0 Å². The Labute approximate surface area is 201 Å². The molecule has 0 radical (unpaired) electrons. The maximum Gasteiger partial charge on any atom is 0.307 e. The predicted octanol–water partition coefficient (Wildman–Crippen LogP) is 5.73. The van der Waals surface area contributed by atoms with Crippen LogP contribution in [-0.2, 0) is 23.9 Å². The van der Waals surface area contributed by atoms with Crippen LogP contribution in [0.5, 0.6) is 0 Å². The van der Waals surface area contributed by atoms with Gasteiger partial charge >= 0.3 is 11.9 Å². The summed E-state index contributed by atoms with van der Waals surface area (Å²) in [6, 6.07) is 0. The molecule has 0 aromatic rings. The summed E-state index contributed by atoms with van der Waals surface area (Å²) < 4.78 is 10.8. The second kappa shape index (κ2) is 8.90. The van der Waals surface area contributed by atoms with Crippen LogP contribution < -0.4 is 0 Å². The molecule has 5 rings (SSSR count). The summed E-state index contributed by atoms with van der Waals surface area (Å²) in [6.07, 6.45) is 16.5. The van der Waals surface area contributed by atoms with Crippen molar-refractivity contribution in [1.29, 1.82) is 0 Å². The number of carbonyl (C=O) groups is 3. The maximum atomic E-state index is 12.4. The SMILES string of the molecule is C[C@@]12CCC[C@H]1[C@@H]1CCC3=CC(OC(=O)CCC(=O)SC4CCC(=O)O4)C=C[C@]3(C)[C@H]1CC2. The molecule has 2 unspecified atom stereocenters. The van der Waals surface area contributed by atoms with Gasteiger partial charge in [0.15, 0.2) is 10.6 Å². The van der Waals surface area contributed by atoms with Crippen molar-refractivity contribution >= 4 is 28.8 Å². The van der Waals surface area contributed by atoms with Gasteiger partial charge in [-0.15, -0.1) is 0 Å². The molecule has 1 heterocycles. The van der Waals surface area contributed by atoms with Crippen molar-refractivity contribution in [3.05, 3.63) is 23.8 Å². The first kappa shape index (κ1) is 23.2. The van der Waals surface area contributed by atoms with Crippen LogP contribution in [0.3, 0.4) is 0 Å². The number of ether oxygens (including phenoxy) is 2. The first-order valence-corrected chi connectivity index (χ1v) is 13.6. The third-order valence-electron chi connectivity index (χ3n) is 9.34. The molecule has 7 atom stereocenters. The molecule has 0 aromatic carbocycles. The Hall–Kier alpha value is -1.56. The molecule has 0 aromatic heterocycles. The minimum absolute atomic E-state index is 0.0578. The molecule has 6 heteroatoms. The van der Waals surface area contributed by atoms with Gasteiger partial charge in [-0.25, -0.2) is 0 Å². The quantitative estimate of drug-likeness (QED) is 0.376. The lowest BCUT2D eigenvalue weighted by atomic mass is 9.48. The van der Waals surface area contributed by atoms with Gasteiger partial charge in [-0.05, 0) is 85.6 Å². The number of cyclic esters (lactones) is 1. The van der Waals surface area contributed by atoms with Gasteiger partial charge in [0.1, 0.15) is 6.10 Å². The molecule has 4 aliphatic carbocycles. The van der Waals surface area contributed by atoms with Crippen molar-refractivity contribution in [2.75, 3.05) is 0 Å². The van der Waals surface area contributed by atoms with E-state index in [9.17, 15) is 14.4 Å². The number of fused-ring (bicyclic) bond motifs is 5. The molecule has 5 aliphatic rings. The summed E-state index contributed by atoms with van der Waals surface area (Å²) in [4.78, 5) is 35.7. The number of rotatable bonds is 5. The number of hydrogen-bond acceptors (Lipinski definition) is 6. The number of carbonyl (C=O) groups excluding carboxylic acids is 3. The fourth-order valence-electron chi connectivity index (χ4n) is 7.58. The van der Waals surface area contributed by atoms with Crippen molar-refractivity contribution in [2.24, 2.45) is 28.6 Å². The average Bonchev–Trinajstić information content (AvgIpc) is 3.37. The molecule has 0 spiro atoms. The molecule has 3 saturated carbocycles. The number of hydrogen-bond donors (Lipinski definition) is 0. The third kappa shape index (κ3) is 4.44. The Balaban J connectivity index is 1.15. The Kier molecular flexibility index (Phi) is 6.26. The zero-order valence-electron chi connectivity index (χ0n) is 19.8. The molecule has 33 heavy (non-hydrogen) atoms. The summed E-state index contributed by atoms with van der Waals surface area (Å²) in [5, 5.41) is -0.133. The van der Waals surface area contributed by atoms with Crippen LogP contribution in [-0.4, -0.2) is 28.6 Å². The maximum absolute atomic E-state index is 12.4. The van der Waals surface area contributed by atoms with Gasteiger partial charge in [-0.3, -0.25) is 14.4 Å². The van der Waals surface area contributed by atoms with Crippen LogP contribution >= 0.6 is 11.8 Å². The lowest BCUT2D eigenvalue weighted by Gasteiger charge is -2.56. The lowest BCUT2D eigenvalue weighted by molar-refractivity contribution is -0.146. The number of allylic oxidation sites excluding steroid dienone is 2. The van der Waals surface area contributed by atoms with Crippen LogP contribution in [0.2, 0.25) is 0 Å². The van der Waals surface area contributed by atoms with E-state index in [2.05, 4.69) is 32.1 Å². The van der Waals surface area contributed by atoms with Crippen molar-refractivity contribution in [3.8, 4) is 0 Å². The minimum Gasteiger partial charge on any atom is -0.454 e. The molecule has 1 saturated heterocycles. The van der Waals surface area contributed by atoms with Gasteiger partial charge in [0.2, 0.25) is 0 Å². The number of esters is 2. The fraction of sp³-hybridized carbons (Fsp3) is 0.741. The van der Waals surface area contributed by atoms with Crippen LogP contribution in [0.15, 0.2) is 23.8 Å². The van der Waals surface area contributed by atoms with Crippen molar-refractivity contribution < 1.29 is 23.9 Å². The zero-order valence-corrected chi connectivity index (χ0v) is 20.7. The molecule has 180 valence electrons. The van der Waals surface area contributed by atoms with Crippen molar-refractivity contribution in [1.82, 2.24) is 0 Å². The Morgan fingerprint density at radius 2 is 1.94 bits per heavy atom. The van der Waals surface area contributed by atoms with E-state index < -0.39 is 5.44 Å². The van der Waals surface area contributed by atoms with E-state index in [1.807, 2.05) is 0 Å². The first-order valence-electron chi connectivity index (χ1n) is 12.8. The molecule has 4 fully saturated rings. The van der Waals surface area contributed by atoms with E-state index in [1.54, 1.807) is 0 Å². The predicted molar refractivity (Wildman–Crippen MR) is 127 cm³/mol. The summed E-state index contributed by atoms with van der Waals surface area (Å²) in [5.41, 5.74) is 1.67. The highest BCUT2D eigenvalue weighted by atomic mass is 32.2. The zero-order chi connectivity index (χ0) is 23.2. The summed E-state index contributed by atoms with van der Waals surface area (Å²) >= 11 is 1.01. The van der Waals surface area contributed by atoms with Gasteiger partial charge in [0.25, 0.3) is 0 Å². The highest BCUT2D eigenvalue weighted by Gasteiger charge is 2.55. The van der Waals surface area contributed by atoms with Gasteiger partial charge in [-0.2, -0.15) is 0 Å². The number of thioether (sulfide) groups is 1. The van der Waals surface area contributed by atoms with Crippen LogP contribution in [0.25, 0.3) is 0 Å². The van der Waals surface area contributed by atoms with Crippen LogP contribution in [0.1, 0.15) is 84.5 Å². The molecular formula is C27H36O5S. The summed E-state index contributed by atoms with van der Waals surface area (Å²) in [7, 11) is 0. The first-order chi connectivity index (χ1) is 15.8. The largest absolute Gasteiger partial charge is 0.454 e. The lowest BCUT2D eigenvalue weighted by Crippen LogP contribution is -2.48. The fourth-order valence-corrected chi connectivity index (χ4v) is 8.48. The topological polar surface area (TPSA) is 69.7 Å². The highest BCUT2D eigenvalue weighted by Crippen LogP contribution is 2.64. The second-order valence-corrected chi connectivity index (χ2v) is 12.5. The van der Waals surface area contributed by atoms with E-state index >= 15 is 0 Å². The molecule has 0 bridgehead atoms. The van der Waals surface area contributed by atoms with E-state index in [0.717, 1.165) is 30.0 Å². The third-order valence-corrected chi connectivity index (χ3v) is 10.4. The molecule has 1 aliphatic heterocycles. The highest BCUT2D eigenvalue weighted by molar-refractivity contribution is 8.14. The van der Waals surface area contributed by atoms with Gasteiger partial charge < -0.3 is 9.47 Å². The van der Waals surface area contributed by atoms with E-state index in [4.69, 9.17) is 9.47 Å². The Morgan fingerprint density at radius 1 is 1.09 bits per heavy atom. The second-order valence-electron chi connectivity index (χ2n) is 11.2. The van der Waals surface area contributed by atoms with Gasteiger partial charge in [0.05, 0.1) is 6.42 Å². The van der Waals surface area contributed by atoms with Gasteiger partial charge in [0, 0.05) is 24.7 Å². The Bertz CT molecular complexity index is 893. The average molecular weight is 473 g/mol. The Morgan fingerprint density at radius 3 is 2.73 bits per heavy atom. The van der Waals surface area contributed by atoms with Crippen LogP contribution in [0.4, 0.5) is 0 Å². The van der Waals surface area contributed by atoms with E-state index in [1.165, 1.54) is 44.1 Å². The van der Waals surface area contributed by atoms with Gasteiger partial charge in [-0.1, -0.05) is 31.9 Å². The van der Waals surface area contributed by atoms with Crippen molar-refractivity contribution in [3.63, 3.8) is 0 Å². The summed E-state index contributed by atoms with van der Waals surface area (Å²) in [6.45, 7) is 4.93. The smallest absolute Gasteiger partial charge is 0.307 e. The monoisotopic (exact) mass is 472 g/mol. The summed E-state index contributed by atoms with van der Waals surface area (Å²) in [5.74, 6) is 1.78. The van der Waals surface area contributed by atoms with Crippen LogP contribution in [0, 0.1) is 28.6 Å². The molecule has 0 amide bonds. The van der Waals surface area contributed by atoms with E-state index in [0.29, 0.717) is 24.2 Å². The molecule has 5 nitrogen and oxygen atoms in total. The molecular weight excluding hydrogens is 436 g/mol.